The highest BCUT2D eigenvalue weighted by Crippen LogP contribution is 2.24. The number of rotatable bonds is 9. The first-order valence-electron chi connectivity index (χ1n) is 9.71. The van der Waals surface area contributed by atoms with E-state index < -0.39 is 6.04 Å². The number of furan rings is 1. The van der Waals surface area contributed by atoms with E-state index in [1.54, 1.807) is 48.4 Å². The highest BCUT2D eigenvalue weighted by Gasteiger charge is 2.43. The molecule has 0 aliphatic carbocycles. The average Bonchev–Trinajstić information content (AvgIpc) is 3.33. The van der Waals surface area contributed by atoms with Crippen molar-refractivity contribution >= 4 is 40.7 Å². The van der Waals surface area contributed by atoms with Crippen molar-refractivity contribution in [3.63, 3.8) is 0 Å². The molecule has 3 rings (SSSR count). The molecule has 10 heteroatoms. The quantitative estimate of drug-likeness (QED) is 0.568. The first kappa shape index (κ1) is 22.3. The second-order valence-electron chi connectivity index (χ2n) is 6.96. The van der Waals surface area contributed by atoms with Gasteiger partial charge in [-0.3, -0.25) is 19.3 Å². The Morgan fingerprint density at radius 1 is 1.23 bits per heavy atom. The third-order valence-corrected chi connectivity index (χ3v) is 5.23. The third-order valence-electron chi connectivity index (χ3n) is 4.78. The van der Waals surface area contributed by atoms with Gasteiger partial charge in [0.2, 0.25) is 11.8 Å². The van der Waals surface area contributed by atoms with Crippen LogP contribution >= 0.6 is 12.2 Å². The summed E-state index contributed by atoms with van der Waals surface area (Å²) in [6, 6.07) is 9.61. The zero-order valence-corrected chi connectivity index (χ0v) is 18.1. The largest absolute Gasteiger partial charge is 0.497 e. The van der Waals surface area contributed by atoms with Crippen LogP contribution in [-0.4, -0.2) is 58.9 Å². The van der Waals surface area contributed by atoms with Gasteiger partial charge in [-0.25, -0.2) is 0 Å². The lowest BCUT2D eigenvalue weighted by Gasteiger charge is -2.23. The number of hydrogen-bond donors (Lipinski definition) is 2. The van der Waals surface area contributed by atoms with Crippen LogP contribution in [0.15, 0.2) is 47.1 Å². The van der Waals surface area contributed by atoms with Crippen LogP contribution in [0.3, 0.4) is 0 Å². The summed E-state index contributed by atoms with van der Waals surface area (Å²) in [6.07, 6.45) is 1.44. The molecule has 0 bridgehead atoms. The van der Waals surface area contributed by atoms with Gasteiger partial charge in [-0.15, -0.1) is 0 Å². The first-order chi connectivity index (χ1) is 14.9. The number of nitrogens with one attached hydrogen (secondary N) is 2. The molecule has 164 valence electrons. The Balaban J connectivity index is 1.71. The molecule has 1 aliphatic rings. The van der Waals surface area contributed by atoms with Gasteiger partial charge in [-0.05, 0) is 48.6 Å². The van der Waals surface area contributed by atoms with Crippen LogP contribution in [0.4, 0.5) is 5.69 Å². The Morgan fingerprint density at radius 2 is 1.97 bits per heavy atom. The van der Waals surface area contributed by atoms with E-state index >= 15 is 0 Å². The number of nitrogens with zero attached hydrogens (tertiary/aromatic N) is 2. The molecule has 3 amide bonds. The number of thiocarbonyl (C=S) groups is 1. The summed E-state index contributed by atoms with van der Waals surface area (Å²) < 4.78 is 10.4. The molecule has 1 saturated heterocycles. The van der Waals surface area contributed by atoms with Crippen molar-refractivity contribution in [2.75, 3.05) is 25.5 Å². The fourth-order valence-electron chi connectivity index (χ4n) is 3.26. The third kappa shape index (κ3) is 5.60. The van der Waals surface area contributed by atoms with Gasteiger partial charge in [0, 0.05) is 25.7 Å². The van der Waals surface area contributed by atoms with Crippen LogP contribution in [0.1, 0.15) is 19.1 Å². The van der Waals surface area contributed by atoms with Crippen molar-refractivity contribution in [3.8, 4) is 5.75 Å². The second-order valence-corrected chi connectivity index (χ2v) is 7.32. The van der Waals surface area contributed by atoms with E-state index in [-0.39, 0.29) is 30.7 Å². The molecule has 0 unspecified atom stereocenters. The molecule has 2 N–H and O–H groups in total. The highest BCUT2D eigenvalue weighted by molar-refractivity contribution is 7.80. The van der Waals surface area contributed by atoms with Crippen LogP contribution in [0.25, 0.3) is 0 Å². The predicted molar refractivity (Wildman–Crippen MR) is 117 cm³/mol. The minimum atomic E-state index is -0.769. The molecule has 31 heavy (non-hydrogen) atoms. The summed E-state index contributed by atoms with van der Waals surface area (Å²) in [6.45, 7) is 2.20. The van der Waals surface area contributed by atoms with Gasteiger partial charge in [0.1, 0.15) is 17.6 Å². The van der Waals surface area contributed by atoms with Gasteiger partial charge >= 0.3 is 0 Å². The lowest BCUT2D eigenvalue weighted by molar-refractivity contribution is -0.131. The van der Waals surface area contributed by atoms with Gasteiger partial charge in [0.25, 0.3) is 5.91 Å². The Bertz CT molecular complexity index is 945. The van der Waals surface area contributed by atoms with Crippen molar-refractivity contribution < 1.29 is 23.5 Å². The SMILES string of the molecule is COc1ccc(NC(=O)C[C@@H]2C(=O)N(Cc3ccco3)C(=S)N2CCNC(C)=O)cc1. The molecule has 0 radical (unpaired) electrons. The van der Waals surface area contributed by atoms with Gasteiger partial charge in [0.05, 0.1) is 26.3 Å². The van der Waals surface area contributed by atoms with E-state index in [2.05, 4.69) is 10.6 Å². The molecular formula is C21H24N4O5S. The number of carbonyl (C=O) groups excluding carboxylic acids is 3. The van der Waals surface area contributed by atoms with E-state index in [4.69, 9.17) is 21.4 Å². The number of carbonyl (C=O) groups is 3. The van der Waals surface area contributed by atoms with E-state index in [1.165, 1.54) is 18.1 Å². The molecule has 1 fully saturated rings. The molecular weight excluding hydrogens is 420 g/mol. The summed E-state index contributed by atoms with van der Waals surface area (Å²) in [4.78, 5) is 40.1. The van der Waals surface area contributed by atoms with Crippen LogP contribution in [0.2, 0.25) is 0 Å². The zero-order valence-electron chi connectivity index (χ0n) is 17.3. The van der Waals surface area contributed by atoms with Crippen molar-refractivity contribution in [1.29, 1.82) is 0 Å². The molecule has 0 saturated carbocycles. The number of anilines is 1. The maximum absolute atomic E-state index is 13.1. The predicted octanol–water partition coefficient (Wildman–Crippen LogP) is 1.75. The number of hydrogen-bond acceptors (Lipinski definition) is 6. The maximum atomic E-state index is 13.1. The van der Waals surface area contributed by atoms with Crippen molar-refractivity contribution in [2.45, 2.75) is 25.9 Å². The fraction of sp³-hybridized carbons (Fsp3) is 0.333. The number of methoxy groups -OCH3 is 1. The lowest BCUT2D eigenvalue weighted by atomic mass is 10.1. The topological polar surface area (TPSA) is 104 Å². The Kier molecular flexibility index (Phi) is 7.24. The van der Waals surface area contributed by atoms with Gasteiger partial charge in [-0.1, -0.05) is 0 Å². The van der Waals surface area contributed by atoms with Crippen LogP contribution in [-0.2, 0) is 20.9 Å². The van der Waals surface area contributed by atoms with Crippen LogP contribution in [0.5, 0.6) is 5.75 Å². The molecule has 0 spiro atoms. The average molecular weight is 445 g/mol. The molecule has 1 aromatic carbocycles. The van der Waals surface area contributed by atoms with Crippen molar-refractivity contribution in [2.24, 2.45) is 0 Å². The lowest BCUT2D eigenvalue weighted by Crippen LogP contribution is -2.42. The summed E-state index contributed by atoms with van der Waals surface area (Å²) in [7, 11) is 1.56. The fourth-order valence-corrected chi connectivity index (χ4v) is 3.64. The second kappa shape index (κ2) is 10.1. The summed E-state index contributed by atoms with van der Waals surface area (Å²) in [5.74, 6) is 0.468. The minimum absolute atomic E-state index is 0.0836. The van der Waals surface area contributed by atoms with E-state index in [0.717, 1.165) is 0 Å². The van der Waals surface area contributed by atoms with Gasteiger partial charge in [-0.2, -0.15) is 0 Å². The first-order valence-corrected chi connectivity index (χ1v) is 10.1. The van der Waals surface area contributed by atoms with Gasteiger partial charge < -0.3 is 24.7 Å². The van der Waals surface area contributed by atoms with Crippen molar-refractivity contribution in [1.82, 2.24) is 15.1 Å². The monoisotopic (exact) mass is 444 g/mol. The molecule has 9 nitrogen and oxygen atoms in total. The van der Waals surface area contributed by atoms with E-state index in [0.29, 0.717) is 35.4 Å². The summed E-state index contributed by atoms with van der Waals surface area (Å²) >= 11 is 5.51. The van der Waals surface area contributed by atoms with Gasteiger partial charge in [0.15, 0.2) is 5.11 Å². The van der Waals surface area contributed by atoms with E-state index in [1.807, 2.05) is 0 Å². The number of ether oxygens (including phenoxy) is 1. The zero-order chi connectivity index (χ0) is 22.4. The van der Waals surface area contributed by atoms with Crippen molar-refractivity contribution in [3.05, 3.63) is 48.4 Å². The smallest absolute Gasteiger partial charge is 0.252 e. The van der Waals surface area contributed by atoms with Crippen LogP contribution < -0.4 is 15.4 Å². The molecule has 1 atom stereocenters. The normalized spacial score (nSPS) is 15.9. The Hall–Kier alpha value is -3.40. The molecule has 2 heterocycles. The summed E-state index contributed by atoms with van der Waals surface area (Å²) in [5.41, 5.74) is 0.594. The highest BCUT2D eigenvalue weighted by atomic mass is 32.1. The Morgan fingerprint density at radius 3 is 2.58 bits per heavy atom. The number of amides is 3. The molecule has 2 aromatic rings. The standard InChI is InChI=1S/C21H24N4O5S/c1-14(26)22-9-10-24-18(12-19(27)23-15-5-7-16(29-2)8-6-15)20(28)25(21(24)31)13-17-4-3-11-30-17/h3-8,11,18H,9-10,12-13H2,1-2H3,(H,22,26)(H,23,27)/t18-/m1/s1. The Labute approximate surface area is 185 Å². The maximum Gasteiger partial charge on any atom is 0.252 e. The minimum Gasteiger partial charge on any atom is -0.497 e. The molecule has 1 aliphatic heterocycles. The molecule has 1 aromatic heterocycles. The summed E-state index contributed by atoms with van der Waals surface area (Å²) in [5, 5.41) is 5.78. The number of benzene rings is 1. The van der Waals surface area contributed by atoms with E-state index in [9.17, 15) is 14.4 Å². The van der Waals surface area contributed by atoms with Crippen LogP contribution in [0, 0.1) is 0 Å².